The summed E-state index contributed by atoms with van der Waals surface area (Å²) in [6, 6.07) is 0. The molecule has 0 saturated heterocycles. The van der Waals surface area contributed by atoms with Crippen molar-refractivity contribution in [3.05, 3.63) is 0 Å². The van der Waals surface area contributed by atoms with Crippen LogP contribution in [0.2, 0.25) is 0 Å². The van der Waals surface area contributed by atoms with Crippen molar-refractivity contribution in [2.75, 3.05) is 0 Å². The Labute approximate surface area is 101 Å². The molecule has 0 unspecified atom stereocenters. The minimum Gasteiger partial charge on any atom is -0.264 e. The first kappa shape index (κ1) is 30.3. The zero-order valence-electron chi connectivity index (χ0n) is 2.77. The van der Waals surface area contributed by atoms with E-state index in [2.05, 4.69) is 0 Å². The van der Waals surface area contributed by atoms with Crippen LogP contribution in [0.5, 0.6) is 0 Å². The van der Waals surface area contributed by atoms with Gasteiger partial charge in [0.2, 0.25) is 0 Å². The molecule has 9 heavy (non-hydrogen) atoms. The molecule has 0 aliphatic rings. The van der Waals surface area contributed by atoms with Crippen molar-refractivity contribution in [2.45, 2.75) is 0 Å². The molecule has 0 spiro atoms. The third-order valence-corrected chi connectivity index (χ3v) is 0. The summed E-state index contributed by atoms with van der Waals surface area (Å²) in [6.07, 6.45) is 0. The summed E-state index contributed by atoms with van der Waals surface area (Å²) in [7, 11) is -4.67. The van der Waals surface area contributed by atoms with Gasteiger partial charge in [0.25, 0.3) is 0 Å². The first-order chi connectivity index (χ1) is 2.00. The summed E-state index contributed by atoms with van der Waals surface area (Å²) >= 11 is 0. The van der Waals surface area contributed by atoms with Gasteiger partial charge in [0.05, 0.1) is 0 Å². The molecule has 0 atom stereocenters. The summed E-state index contributed by atoms with van der Waals surface area (Å²) in [5, 5.41) is 0. The number of hydrogen-bond acceptors (Lipinski definition) is 2. The standard InChI is InChI=1S/Al.Co.Mg.Ni.H2O4S.5H/c;;;;1-5(2,3)4;;;;;/h;;;;(H2,1,2,3,4);;;;;. The van der Waals surface area contributed by atoms with E-state index in [0.29, 0.717) is 0 Å². The molecule has 61 valence electrons. The quantitative estimate of drug-likeness (QED) is 0.370. The van der Waals surface area contributed by atoms with Gasteiger partial charge in [-0.15, -0.1) is 0 Å². The van der Waals surface area contributed by atoms with E-state index in [0.717, 1.165) is 0 Å². The van der Waals surface area contributed by atoms with Gasteiger partial charge in [0.15, 0.2) is 17.4 Å². The van der Waals surface area contributed by atoms with E-state index in [1.807, 2.05) is 0 Å². The fourth-order valence-electron chi connectivity index (χ4n) is 0. The number of rotatable bonds is 0. The molecule has 2 N–H and O–H groups in total. The maximum absolute atomic E-state index is 8.74. The van der Waals surface area contributed by atoms with Crippen molar-refractivity contribution in [1.82, 2.24) is 0 Å². The molecular weight excluding hydrogens is 265 g/mol. The average molecular weight is 272 g/mol. The van der Waals surface area contributed by atoms with Crippen LogP contribution in [-0.4, -0.2) is 57.9 Å². The van der Waals surface area contributed by atoms with Crippen molar-refractivity contribution in [3.63, 3.8) is 0 Å². The Morgan fingerprint density at radius 1 is 1.11 bits per heavy atom. The Balaban J connectivity index is -0.0000000133. The summed E-state index contributed by atoms with van der Waals surface area (Å²) in [5.74, 6) is 0. The SMILES string of the molecule is O=S(=O)(O)O.[AlH3].[Co].[MgH2].[Ni]. The average Bonchev–Trinajstić information content (AvgIpc) is 0.722. The van der Waals surface area contributed by atoms with E-state index in [4.69, 9.17) is 17.5 Å². The van der Waals surface area contributed by atoms with Crippen LogP contribution >= 0.6 is 0 Å². The molecule has 0 amide bonds. The van der Waals surface area contributed by atoms with Gasteiger partial charge in [-0.05, 0) is 0 Å². The Morgan fingerprint density at radius 3 is 1.11 bits per heavy atom. The zero-order valence-corrected chi connectivity index (χ0v) is 5.61. The summed E-state index contributed by atoms with van der Waals surface area (Å²) in [5.41, 5.74) is 0. The molecule has 0 aliphatic heterocycles. The van der Waals surface area contributed by atoms with Crippen LogP contribution < -0.4 is 0 Å². The van der Waals surface area contributed by atoms with Crippen molar-refractivity contribution < 1.29 is 50.8 Å². The van der Waals surface area contributed by atoms with Crippen LogP contribution in [0.4, 0.5) is 0 Å². The van der Waals surface area contributed by atoms with Crippen molar-refractivity contribution in [3.8, 4) is 0 Å². The van der Waals surface area contributed by atoms with Crippen molar-refractivity contribution in [2.24, 2.45) is 0 Å². The molecule has 0 bridgehead atoms. The van der Waals surface area contributed by atoms with Gasteiger partial charge in [0, 0.05) is 33.3 Å². The Morgan fingerprint density at radius 2 is 1.11 bits per heavy atom. The van der Waals surface area contributed by atoms with Crippen LogP contribution in [-0.2, 0) is 43.7 Å². The normalized spacial score (nSPS) is 6.44. The predicted octanol–water partition coefficient (Wildman–Crippen LogP) is -2.76. The molecule has 0 aromatic heterocycles. The summed E-state index contributed by atoms with van der Waals surface area (Å²) in [6.45, 7) is 0. The zero-order chi connectivity index (χ0) is 4.50. The molecule has 0 aromatic rings. The monoisotopic (exact) mass is 271 g/mol. The van der Waals surface area contributed by atoms with E-state index in [1.54, 1.807) is 0 Å². The molecule has 0 rings (SSSR count). The van der Waals surface area contributed by atoms with Gasteiger partial charge >= 0.3 is 33.5 Å². The van der Waals surface area contributed by atoms with Gasteiger partial charge in [0.1, 0.15) is 0 Å². The molecular formula is H7AlCoMgNiO4S. The van der Waals surface area contributed by atoms with Gasteiger partial charge < -0.3 is 0 Å². The molecule has 0 aliphatic carbocycles. The fraction of sp³-hybridized carbons (Fsp3) is 0. The molecule has 0 aromatic carbocycles. The Bertz CT molecular complexity index is 104. The minimum atomic E-state index is -4.67. The van der Waals surface area contributed by atoms with Crippen LogP contribution in [0.1, 0.15) is 0 Å². The van der Waals surface area contributed by atoms with Crippen LogP contribution in [0, 0.1) is 0 Å². The van der Waals surface area contributed by atoms with Crippen molar-refractivity contribution >= 4 is 50.8 Å². The van der Waals surface area contributed by atoms with E-state index in [-0.39, 0.29) is 73.7 Å². The smallest absolute Gasteiger partial charge is 0.264 e. The summed E-state index contributed by atoms with van der Waals surface area (Å²) in [4.78, 5) is 0. The van der Waals surface area contributed by atoms with E-state index in [1.165, 1.54) is 0 Å². The van der Waals surface area contributed by atoms with E-state index >= 15 is 0 Å². The Kier molecular flexibility index (Phi) is 43.2. The minimum absolute atomic E-state index is 0. The molecule has 0 saturated carbocycles. The first-order valence-corrected chi connectivity index (χ1v) is 2.10. The third-order valence-electron chi connectivity index (χ3n) is 0. The molecule has 9 heteroatoms. The van der Waals surface area contributed by atoms with Gasteiger partial charge in [-0.3, -0.25) is 9.11 Å². The van der Waals surface area contributed by atoms with Crippen molar-refractivity contribution in [1.29, 1.82) is 0 Å². The van der Waals surface area contributed by atoms with Gasteiger partial charge in [-0.2, -0.15) is 8.42 Å². The second-order valence-corrected chi connectivity index (χ2v) is 1.34. The second-order valence-electron chi connectivity index (χ2n) is 0.448. The van der Waals surface area contributed by atoms with Crippen LogP contribution in [0.15, 0.2) is 0 Å². The maximum Gasteiger partial charge on any atom is 0.394 e. The van der Waals surface area contributed by atoms with E-state index in [9.17, 15) is 0 Å². The predicted molar refractivity (Wildman–Crippen MR) is 32.7 cm³/mol. The van der Waals surface area contributed by atoms with Gasteiger partial charge in [-0.1, -0.05) is 0 Å². The largest absolute Gasteiger partial charge is 0.394 e. The van der Waals surface area contributed by atoms with E-state index < -0.39 is 10.4 Å². The summed E-state index contributed by atoms with van der Waals surface area (Å²) < 4.78 is 31.6. The first-order valence-electron chi connectivity index (χ1n) is 0.698. The fourth-order valence-corrected chi connectivity index (χ4v) is 0. The van der Waals surface area contributed by atoms with Gasteiger partial charge in [-0.25, -0.2) is 0 Å². The maximum atomic E-state index is 8.74. The molecule has 0 heterocycles. The Hall–Kier alpha value is 2.17. The second kappa shape index (κ2) is 12.8. The number of hydrogen-bond donors (Lipinski definition) is 2. The van der Waals surface area contributed by atoms with Crippen LogP contribution in [0.25, 0.3) is 0 Å². The molecule has 0 fully saturated rings. The molecule has 4 nitrogen and oxygen atoms in total. The van der Waals surface area contributed by atoms with Crippen LogP contribution in [0.3, 0.4) is 0 Å². The molecule has 1 radical (unpaired) electrons. The topological polar surface area (TPSA) is 74.6 Å². The third kappa shape index (κ3) is 144.